The Bertz CT molecular complexity index is 358. The van der Waals surface area contributed by atoms with Gasteiger partial charge in [-0.3, -0.25) is 4.79 Å². The molecule has 0 aliphatic carbocycles. The zero-order valence-electron chi connectivity index (χ0n) is 9.13. The minimum Gasteiger partial charge on any atom is -0.356 e. The van der Waals surface area contributed by atoms with Gasteiger partial charge in [-0.2, -0.15) is 0 Å². The van der Waals surface area contributed by atoms with Crippen molar-refractivity contribution in [2.75, 3.05) is 26.2 Å². The molecule has 0 aromatic carbocycles. The van der Waals surface area contributed by atoms with Crippen LogP contribution in [-0.2, 0) is 0 Å². The summed E-state index contributed by atoms with van der Waals surface area (Å²) >= 11 is 3.30. The maximum Gasteiger partial charge on any atom is 0.267 e. The number of carbonyl (C=O) groups is 1. The van der Waals surface area contributed by atoms with E-state index in [2.05, 4.69) is 31.1 Å². The van der Waals surface area contributed by atoms with E-state index in [4.69, 9.17) is 0 Å². The quantitative estimate of drug-likeness (QED) is 0.883. The smallest absolute Gasteiger partial charge is 0.267 e. The first-order valence-corrected chi connectivity index (χ1v) is 6.39. The Balaban J connectivity index is 1.71. The van der Waals surface area contributed by atoms with Crippen molar-refractivity contribution >= 4 is 21.8 Å². The molecule has 0 radical (unpaired) electrons. The highest BCUT2D eigenvalue weighted by atomic mass is 79.9. The van der Waals surface area contributed by atoms with Gasteiger partial charge in [-0.15, -0.1) is 0 Å². The molecule has 0 unspecified atom stereocenters. The first kappa shape index (κ1) is 11.7. The van der Waals surface area contributed by atoms with E-state index < -0.39 is 0 Å². The number of carbonyl (C=O) groups excluding carboxylic acids is 1. The Morgan fingerprint density at radius 1 is 1.50 bits per heavy atom. The lowest BCUT2D eigenvalue weighted by molar-refractivity contribution is 0.0945. The molecule has 1 fully saturated rings. The van der Waals surface area contributed by atoms with Crippen molar-refractivity contribution < 1.29 is 4.79 Å². The zero-order valence-corrected chi connectivity index (χ0v) is 10.7. The minimum atomic E-state index is -0.0371. The van der Waals surface area contributed by atoms with Crippen molar-refractivity contribution in [2.24, 2.45) is 0 Å². The number of nitrogens with one attached hydrogen (secondary N) is 2. The summed E-state index contributed by atoms with van der Waals surface area (Å²) in [5.41, 5.74) is 0.605. The topological polar surface area (TPSA) is 48.1 Å². The summed E-state index contributed by atoms with van der Waals surface area (Å²) in [5, 5.41) is 2.91. The lowest BCUT2D eigenvalue weighted by Crippen LogP contribution is -2.33. The maximum absolute atomic E-state index is 11.7. The molecule has 2 N–H and O–H groups in total. The Morgan fingerprint density at radius 3 is 2.88 bits per heavy atom. The van der Waals surface area contributed by atoms with E-state index in [1.807, 2.05) is 0 Å². The molecule has 0 saturated carbocycles. The highest BCUT2D eigenvalue weighted by Crippen LogP contribution is 2.10. The highest BCUT2D eigenvalue weighted by molar-refractivity contribution is 9.10. The molecule has 1 amide bonds. The van der Waals surface area contributed by atoms with E-state index in [0.29, 0.717) is 5.69 Å². The number of hydrogen-bond acceptors (Lipinski definition) is 2. The van der Waals surface area contributed by atoms with Gasteiger partial charge in [0.05, 0.1) is 0 Å². The Kier molecular flexibility index (Phi) is 4.01. The van der Waals surface area contributed by atoms with Crippen LogP contribution in [0.15, 0.2) is 16.7 Å². The fourth-order valence-electron chi connectivity index (χ4n) is 1.93. The van der Waals surface area contributed by atoms with E-state index in [0.717, 1.165) is 17.6 Å². The largest absolute Gasteiger partial charge is 0.356 e. The normalized spacial score (nSPS) is 16.6. The standard InChI is InChI=1S/C11H16BrN3O/c12-9-7-10(14-8-9)11(16)13-3-6-15-4-1-2-5-15/h7-8,14H,1-6H2,(H,13,16). The summed E-state index contributed by atoms with van der Waals surface area (Å²) in [7, 11) is 0. The van der Waals surface area contributed by atoms with E-state index in [-0.39, 0.29) is 5.91 Å². The molecule has 1 aliphatic heterocycles. The SMILES string of the molecule is O=C(NCCN1CCCC1)c1cc(Br)c[nH]1. The molecule has 1 aliphatic rings. The predicted octanol–water partition coefficient (Wildman–Crippen LogP) is 1.60. The van der Waals surface area contributed by atoms with Crippen molar-refractivity contribution in [1.29, 1.82) is 0 Å². The molecule has 5 heteroatoms. The minimum absolute atomic E-state index is 0.0371. The second-order valence-corrected chi connectivity index (χ2v) is 4.95. The second-order valence-electron chi connectivity index (χ2n) is 4.04. The van der Waals surface area contributed by atoms with Crippen molar-refractivity contribution in [3.05, 3.63) is 22.4 Å². The van der Waals surface area contributed by atoms with Crippen LogP contribution in [-0.4, -0.2) is 42.0 Å². The first-order valence-electron chi connectivity index (χ1n) is 5.60. The van der Waals surface area contributed by atoms with Crippen molar-refractivity contribution in [3.63, 3.8) is 0 Å². The number of rotatable bonds is 4. The Hall–Kier alpha value is -0.810. The maximum atomic E-state index is 11.7. The Labute approximate surface area is 104 Å². The van der Waals surface area contributed by atoms with Gasteiger partial charge < -0.3 is 15.2 Å². The van der Waals surface area contributed by atoms with Gasteiger partial charge >= 0.3 is 0 Å². The molecule has 4 nitrogen and oxygen atoms in total. The molecule has 1 saturated heterocycles. The van der Waals surface area contributed by atoms with Gasteiger partial charge in [0.1, 0.15) is 5.69 Å². The van der Waals surface area contributed by atoms with Crippen LogP contribution in [0.3, 0.4) is 0 Å². The van der Waals surface area contributed by atoms with Crippen molar-refractivity contribution in [1.82, 2.24) is 15.2 Å². The molecule has 16 heavy (non-hydrogen) atoms. The van der Waals surface area contributed by atoms with Crippen molar-refractivity contribution in [3.8, 4) is 0 Å². The third-order valence-corrected chi connectivity index (χ3v) is 3.26. The first-order chi connectivity index (χ1) is 7.75. The number of H-pyrrole nitrogens is 1. The number of nitrogens with zero attached hydrogens (tertiary/aromatic N) is 1. The lowest BCUT2D eigenvalue weighted by Gasteiger charge is -2.14. The van der Waals surface area contributed by atoms with Crippen LogP contribution < -0.4 is 5.32 Å². The van der Waals surface area contributed by atoms with Gasteiger partial charge in [-0.1, -0.05) is 0 Å². The third-order valence-electron chi connectivity index (χ3n) is 2.80. The monoisotopic (exact) mass is 285 g/mol. The number of amides is 1. The van der Waals surface area contributed by atoms with Gasteiger partial charge in [0.15, 0.2) is 0 Å². The fraction of sp³-hybridized carbons (Fsp3) is 0.545. The molecular weight excluding hydrogens is 270 g/mol. The fourth-order valence-corrected chi connectivity index (χ4v) is 2.27. The van der Waals surface area contributed by atoms with Crippen LogP contribution >= 0.6 is 15.9 Å². The summed E-state index contributed by atoms with van der Waals surface area (Å²) in [5.74, 6) is -0.0371. The third kappa shape index (κ3) is 3.09. The van der Waals surface area contributed by atoms with E-state index in [1.165, 1.54) is 25.9 Å². The molecule has 88 valence electrons. The second kappa shape index (κ2) is 5.50. The summed E-state index contributed by atoms with van der Waals surface area (Å²) < 4.78 is 0.900. The van der Waals surface area contributed by atoms with Gasteiger partial charge in [0, 0.05) is 23.8 Å². The number of halogens is 1. The lowest BCUT2D eigenvalue weighted by atomic mass is 10.4. The zero-order chi connectivity index (χ0) is 11.4. The predicted molar refractivity (Wildman–Crippen MR) is 66.5 cm³/mol. The van der Waals surface area contributed by atoms with Gasteiger partial charge in [-0.25, -0.2) is 0 Å². The molecule has 1 aromatic heterocycles. The molecule has 1 aromatic rings. The number of hydrogen-bond donors (Lipinski definition) is 2. The van der Waals surface area contributed by atoms with Crippen molar-refractivity contribution in [2.45, 2.75) is 12.8 Å². The van der Waals surface area contributed by atoms with Crippen LogP contribution in [0, 0.1) is 0 Å². The van der Waals surface area contributed by atoms with E-state index in [1.54, 1.807) is 12.3 Å². The van der Waals surface area contributed by atoms with Gasteiger partial charge in [0.25, 0.3) is 5.91 Å². The van der Waals surface area contributed by atoms with Crippen LogP contribution in [0.5, 0.6) is 0 Å². The summed E-state index contributed by atoms with van der Waals surface area (Å²) in [6, 6.07) is 1.78. The average molecular weight is 286 g/mol. The number of aromatic amines is 1. The molecular formula is C11H16BrN3O. The van der Waals surface area contributed by atoms with Gasteiger partial charge in [0.2, 0.25) is 0 Å². The molecule has 0 atom stereocenters. The molecule has 0 spiro atoms. The Morgan fingerprint density at radius 2 is 2.25 bits per heavy atom. The molecule has 0 bridgehead atoms. The van der Waals surface area contributed by atoms with E-state index >= 15 is 0 Å². The summed E-state index contributed by atoms with van der Waals surface area (Å²) in [4.78, 5) is 16.9. The van der Waals surface area contributed by atoms with Crippen LogP contribution in [0.2, 0.25) is 0 Å². The van der Waals surface area contributed by atoms with Gasteiger partial charge in [-0.05, 0) is 47.9 Å². The van der Waals surface area contributed by atoms with Crippen LogP contribution in [0.1, 0.15) is 23.3 Å². The van der Waals surface area contributed by atoms with E-state index in [9.17, 15) is 4.79 Å². The summed E-state index contributed by atoms with van der Waals surface area (Å²) in [6.07, 6.45) is 4.34. The van der Waals surface area contributed by atoms with Crippen LogP contribution in [0.25, 0.3) is 0 Å². The average Bonchev–Trinajstić information content (AvgIpc) is 2.89. The highest BCUT2D eigenvalue weighted by Gasteiger charge is 2.12. The summed E-state index contributed by atoms with van der Waals surface area (Å²) in [6.45, 7) is 4.01. The number of likely N-dealkylation sites (tertiary alicyclic amines) is 1. The van der Waals surface area contributed by atoms with Crippen LogP contribution in [0.4, 0.5) is 0 Å². The molecule has 2 heterocycles. The number of aromatic nitrogens is 1. The molecule has 2 rings (SSSR count).